The minimum Gasteiger partial charge on any atom is -0.324 e. The molecule has 0 radical (unpaired) electrons. The van der Waals surface area contributed by atoms with Crippen LogP contribution >= 0.6 is 23.2 Å². The molecule has 0 aromatic heterocycles. The lowest BCUT2D eigenvalue weighted by Gasteiger charge is -2.14. The first-order valence-electron chi connectivity index (χ1n) is 5.52. The van der Waals surface area contributed by atoms with E-state index in [0.717, 1.165) is 5.56 Å². The number of hydrogen-bond acceptors (Lipinski definition) is 1. The maximum Gasteiger partial charge on any atom is 0.127 e. The van der Waals surface area contributed by atoms with Crippen LogP contribution in [0.15, 0.2) is 42.5 Å². The smallest absolute Gasteiger partial charge is 0.127 e. The fourth-order valence-corrected chi connectivity index (χ4v) is 2.24. The average Bonchev–Trinajstić information content (AvgIpc) is 2.34. The van der Waals surface area contributed by atoms with Gasteiger partial charge < -0.3 is 5.73 Å². The molecule has 2 N–H and O–H groups in total. The van der Waals surface area contributed by atoms with Crippen LogP contribution in [0.3, 0.4) is 0 Å². The van der Waals surface area contributed by atoms with Crippen LogP contribution in [-0.2, 0) is 6.42 Å². The summed E-state index contributed by atoms with van der Waals surface area (Å²) < 4.78 is 13.6. The molecule has 0 aliphatic rings. The van der Waals surface area contributed by atoms with E-state index in [0.29, 0.717) is 22.0 Å². The topological polar surface area (TPSA) is 26.0 Å². The second kappa shape index (κ2) is 5.70. The van der Waals surface area contributed by atoms with Crippen molar-refractivity contribution in [2.24, 2.45) is 5.73 Å². The number of hydrogen-bond donors (Lipinski definition) is 1. The Hall–Kier alpha value is -1.09. The first kappa shape index (κ1) is 13.3. The molecule has 94 valence electrons. The molecule has 0 aliphatic heterocycles. The molecule has 2 rings (SSSR count). The zero-order valence-corrected chi connectivity index (χ0v) is 11.0. The van der Waals surface area contributed by atoms with Gasteiger partial charge in [0.15, 0.2) is 0 Å². The summed E-state index contributed by atoms with van der Waals surface area (Å²) in [6.45, 7) is 0. The molecule has 0 bridgehead atoms. The lowest BCUT2D eigenvalue weighted by atomic mass is 9.99. The minimum atomic E-state index is -0.335. The third-order valence-corrected chi connectivity index (χ3v) is 3.35. The normalized spacial score (nSPS) is 12.4. The molecular weight excluding hydrogens is 272 g/mol. The molecule has 2 aromatic carbocycles. The van der Waals surface area contributed by atoms with Crippen LogP contribution in [0.25, 0.3) is 0 Å². The van der Waals surface area contributed by atoms with Gasteiger partial charge in [-0.05, 0) is 36.2 Å². The van der Waals surface area contributed by atoms with Crippen molar-refractivity contribution in [1.82, 2.24) is 0 Å². The minimum absolute atomic E-state index is 0.333. The van der Waals surface area contributed by atoms with Crippen LogP contribution in [-0.4, -0.2) is 0 Å². The second-order valence-electron chi connectivity index (χ2n) is 4.07. The van der Waals surface area contributed by atoms with Gasteiger partial charge in [-0.25, -0.2) is 4.39 Å². The summed E-state index contributed by atoms with van der Waals surface area (Å²) in [5.41, 5.74) is 7.35. The number of nitrogens with two attached hydrogens (primary N) is 1. The van der Waals surface area contributed by atoms with Crippen LogP contribution in [0, 0.1) is 5.82 Å². The Kier molecular flexibility index (Phi) is 4.23. The molecule has 0 saturated heterocycles. The monoisotopic (exact) mass is 283 g/mol. The summed E-state index contributed by atoms with van der Waals surface area (Å²) in [6.07, 6.45) is 0.339. The third-order valence-electron chi connectivity index (χ3n) is 2.76. The molecule has 1 nitrogen and oxygen atoms in total. The van der Waals surface area contributed by atoms with Gasteiger partial charge >= 0.3 is 0 Å². The summed E-state index contributed by atoms with van der Waals surface area (Å²) >= 11 is 11.9. The molecule has 0 heterocycles. The maximum absolute atomic E-state index is 13.6. The first-order chi connectivity index (χ1) is 8.58. The summed E-state index contributed by atoms with van der Waals surface area (Å²) in [4.78, 5) is 0. The predicted octanol–water partition coefficient (Wildman–Crippen LogP) is 4.38. The van der Waals surface area contributed by atoms with Gasteiger partial charge in [-0.3, -0.25) is 0 Å². The Bertz CT molecular complexity index is 537. The van der Waals surface area contributed by atoms with Gasteiger partial charge in [-0.2, -0.15) is 0 Å². The SMILES string of the molecule is NC(Cc1c(F)cccc1Cl)c1cccc(Cl)c1. The van der Waals surface area contributed by atoms with Crippen LogP contribution in [0.2, 0.25) is 10.0 Å². The van der Waals surface area contributed by atoms with Crippen LogP contribution in [0.1, 0.15) is 17.2 Å². The van der Waals surface area contributed by atoms with Gasteiger partial charge in [0, 0.05) is 21.7 Å². The van der Waals surface area contributed by atoms with Crippen molar-refractivity contribution >= 4 is 23.2 Å². The van der Waals surface area contributed by atoms with Crippen molar-refractivity contribution in [1.29, 1.82) is 0 Å². The summed E-state index contributed by atoms with van der Waals surface area (Å²) in [7, 11) is 0. The molecule has 2 aromatic rings. The number of rotatable bonds is 3. The van der Waals surface area contributed by atoms with Crippen molar-refractivity contribution in [2.75, 3.05) is 0 Å². The van der Waals surface area contributed by atoms with E-state index in [1.165, 1.54) is 6.07 Å². The predicted molar refractivity (Wildman–Crippen MR) is 73.5 cm³/mol. The molecule has 4 heteroatoms. The summed E-state index contributed by atoms with van der Waals surface area (Å²) in [5, 5.41) is 1.01. The van der Waals surface area contributed by atoms with E-state index in [-0.39, 0.29) is 11.9 Å². The Morgan fingerprint density at radius 3 is 2.50 bits per heavy atom. The van der Waals surface area contributed by atoms with Gasteiger partial charge in [-0.15, -0.1) is 0 Å². The van der Waals surface area contributed by atoms with Crippen molar-refractivity contribution in [3.8, 4) is 0 Å². The lowest BCUT2D eigenvalue weighted by Crippen LogP contribution is -2.14. The molecule has 0 amide bonds. The van der Waals surface area contributed by atoms with Crippen molar-refractivity contribution < 1.29 is 4.39 Å². The summed E-state index contributed by atoms with van der Waals surface area (Å²) in [6, 6.07) is 11.5. The number of halogens is 3. The van der Waals surface area contributed by atoms with Crippen LogP contribution < -0.4 is 5.73 Å². The molecule has 18 heavy (non-hydrogen) atoms. The zero-order valence-electron chi connectivity index (χ0n) is 9.54. The van der Waals surface area contributed by atoms with E-state index in [2.05, 4.69) is 0 Å². The highest BCUT2D eigenvalue weighted by molar-refractivity contribution is 6.31. The van der Waals surface area contributed by atoms with Crippen molar-refractivity contribution in [3.63, 3.8) is 0 Å². The van der Waals surface area contributed by atoms with Crippen LogP contribution in [0.5, 0.6) is 0 Å². The molecule has 0 aliphatic carbocycles. The van der Waals surface area contributed by atoms with E-state index in [1.54, 1.807) is 24.3 Å². The molecule has 0 spiro atoms. The van der Waals surface area contributed by atoms with E-state index in [1.807, 2.05) is 12.1 Å². The van der Waals surface area contributed by atoms with Gasteiger partial charge in [0.25, 0.3) is 0 Å². The molecule has 1 atom stereocenters. The quantitative estimate of drug-likeness (QED) is 0.889. The van der Waals surface area contributed by atoms with Gasteiger partial charge in [0.2, 0.25) is 0 Å². The molecule has 0 saturated carbocycles. The van der Waals surface area contributed by atoms with E-state index >= 15 is 0 Å². The van der Waals surface area contributed by atoms with E-state index < -0.39 is 0 Å². The second-order valence-corrected chi connectivity index (χ2v) is 4.91. The fourth-order valence-electron chi connectivity index (χ4n) is 1.80. The standard InChI is InChI=1S/C14H12Cl2FN/c15-10-4-1-3-9(7-10)14(18)8-11-12(16)5-2-6-13(11)17/h1-7,14H,8,18H2. The maximum atomic E-state index is 13.6. The van der Waals surface area contributed by atoms with E-state index in [4.69, 9.17) is 28.9 Å². The highest BCUT2D eigenvalue weighted by atomic mass is 35.5. The summed E-state index contributed by atoms with van der Waals surface area (Å²) in [5.74, 6) is -0.333. The highest BCUT2D eigenvalue weighted by Crippen LogP contribution is 2.25. The van der Waals surface area contributed by atoms with Gasteiger partial charge in [0.1, 0.15) is 5.82 Å². The van der Waals surface area contributed by atoms with Crippen molar-refractivity contribution in [3.05, 3.63) is 69.5 Å². The third kappa shape index (κ3) is 3.02. The Morgan fingerprint density at radius 2 is 1.83 bits per heavy atom. The Balaban J connectivity index is 2.24. The van der Waals surface area contributed by atoms with Gasteiger partial charge in [-0.1, -0.05) is 41.4 Å². The average molecular weight is 284 g/mol. The fraction of sp³-hybridized carbons (Fsp3) is 0.143. The van der Waals surface area contributed by atoms with Gasteiger partial charge in [0.05, 0.1) is 0 Å². The highest BCUT2D eigenvalue weighted by Gasteiger charge is 2.13. The lowest BCUT2D eigenvalue weighted by molar-refractivity contribution is 0.593. The van der Waals surface area contributed by atoms with Crippen LogP contribution in [0.4, 0.5) is 4.39 Å². The van der Waals surface area contributed by atoms with Crippen molar-refractivity contribution in [2.45, 2.75) is 12.5 Å². The molecule has 0 fully saturated rings. The Labute approximate surface area is 115 Å². The Morgan fingerprint density at radius 1 is 1.11 bits per heavy atom. The largest absolute Gasteiger partial charge is 0.324 e. The molecular formula is C14H12Cl2FN. The molecule has 1 unspecified atom stereocenters. The van der Waals surface area contributed by atoms with E-state index in [9.17, 15) is 4.39 Å². The zero-order chi connectivity index (χ0) is 13.1. The number of benzene rings is 2. The first-order valence-corrected chi connectivity index (χ1v) is 6.27.